The summed E-state index contributed by atoms with van der Waals surface area (Å²) in [6, 6.07) is 14.4. The lowest BCUT2D eigenvalue weighted by Gasteiger charge is -2.36. The number of benzene rings is 3. The molecule has 3 aromatic rings. The first kappa shape index (κ1) is 21.8. The molecule has 1 aliphatic rings. The Balaban J connectivity index is 1.71. The molecule has 32 heavy (non-hydrogen) atoms. The van der Waals surface area contributed by atoms with Crippen molar-refractivity contribution in [1.29, 1.82) is 0 Å². The van der Waals surface area contributed by atoms with Gasteiger partial charge in [-0.25, -0.2) is 21.9 Å². The molecule has 10 heteroatoms. The van der Waals surface area contributed by atoms with Gasteiger partial charge < -0.3 is 0 Å². The number of anilines is 1. The van der Waals surface area contributed by atoms with Crippen LogP contribution in [0.15, 0.2) is 77.7 Å². The molecule has 0 aliphatic carbocycles. The normalized spacial score (nSPS) is 15.6. The average Bonchev–Trinajstić information content (AvgIpc) is 2.75. The molecule has 0 saturated heterocycles. The van der Waals surface area contributed by atoms with Crippen molar-refractivity contribution in [3.05, 3.63) is 95.3 Å². The zero-order chi connectivity index (χ0) is 23.1. The summed E-state index contributed by atoms with van der Waals surface area (Å²) in [4.78, 5) is 14.3. The molecular weight excluding hydrogens is 448 g/mol. The molecule has 0 aromatic heterocycles. The monoisotopic (exact) mass is 464 g/mol. The predicted molar refractivity (Wildman–Crippen MR) is 109 cm³/mol. The van der Waals surface area contributed by atoms with E-state index in [0.29, 0.717) is 15.4 Å². The summed E-state index contributed by atoms with van der Waals surface area (Å²) in [6.45, 7) is -0.456. The van der Waals surface area contributed by atoms with Crippen molar-refractivity contribution < 1.29 is 30.8 Å². The zero-order valence-electron chi connectivity index (χ0n) is 16.4. The summed E-state index contributed by atoms with van der Waals surface area (Å²) in [5, 5.41) is 0. The maximum Gasteiger partial charge on any atom is 0.416 e. The second-order valence-electron chi connectivity index (χ2n) is 7.17. The molecule has 0 fully saturated rings. The molecule has 166 valence electrons. The van der Waals surface area contributed by atoms with Gasteiger partial charge >= 0.3 is 12.2 Å². The summed E-state index contributed by atoms with van der Waals surface area (Å²) in [6.07, 6.45) is -4.49. The highest BCUT2D eigenvalue weighted by atomic mass is 32.2. The molecular formula is C22H16F4N2O3S. The Morgan fingerprint density at radius 3 is 1.97 bits per heavy atom. The largest absolute Gasteiger partial charge is 0.416 e. The van der Waals surface area contributed by atoms with Crippen LogP contribution in [0.3, 0.4) is 0 Å². The molecule has 0 radical (unpaired) electrons. The fourth-order valence-electron chi connectivity index (χ4n) is 3.40. The first-order valence-electron chi connectivity index (χ1n) is 9.41. The van der Waals surface area contributed by atoms with E-state index in [0.717, 1.165) is 24.3 Å². The van der Waals surface area contributed by atoms with Gasteiger partial charge in [0, 0.05) is 0 Å². The van der Waals surface area contributed by atoms with Crippen molar-refractivity contribution in [3.63, 3.8) is 0 Å². The number of nitrogens with zero attached hydrogens (tertiary/aromatic N) is 2. The van der Waals surface area contributed by atoms with Gasteiger partial charge in [0.15, 0.2) is 0 Å². The van der Waals surface area contributed by atoms with Crippen LogP contribution in [0.4, 0.5) is 28.0 Å². The summed E-state index contributed by atoms with van der Waals surface area (Å²) in [5.74, 6) is -0.504. The molecule has 0 N–H and O–H groups in total. The summed E-state index contributed by atoms with van der Waals surface area (Å²) in [5.41, 5.74) is 0.0965. The van der Waals surface area contributed by atoms with E-state index >= 15 is 0 Å². The number of fused-ring (bicyclic) bond motifs is 1. The first-order chi connectivity index (χ1) is 15.1. The van der Waals surface area contributed by atoms with Crippen LogP contribution in [0, 0.1) is 5.82 Å². The van der Waals surface area contributed by atoms with Crippen molar-refractivity contribution >= 4 is 21.7 Å². The lowest BCUT2D eigenvalue weighted by molar-refractivity contribution is -0.137. The Labute approximate surface area is 181 Å². The lowest BCUT2D eigenvalue weighted by Crippen LogP contribution is -2.49. The highest BCUT2D eigenvalue weighted by Crippen LogP contribution is 2.36. The molecule has 0 bridgehead atoms. The molecule has 2 amide bonds. The van der Waals surface area contributed by atoms with Crippen LogP contribution < -0.4 is 4.90 Å². The van der Waals surface area contributed by atoms with Crippen LogP contribution in [0.25, 0.3) is 0 Å². The van der Waals surface area contributed by atoms with Gasteiger partial charge in [-0.1, -0.05) is 36.4 Å². The van der Waals surface area contributed by atoms with E-state index in [1.54, 1.807) is 6.07 Å². The number of sulfonamides is 1. The van der Waals surface area contributed by atoms with Crippen LogP contribution in [-0.4, -0.2) is 18.8 Å². The molecule has 0 saturated carbocycles. The summed E-state index contributed by atoms with van der Waals surface area (Å²) < 4.78 is 78.7. The molecule has 0 atom stereocenters. The number of carbonyl (C=O) groups excluding carboxylic acids is 1. The number of para-hydroxylation sites is 1. The zero-order valence-corrected chi connectivity index (χ0v) is 17.2. The van der Waals surface area contributed by atoms with E-state index in [9.17, 15) is 30.8 Å². The van der Waals surface area contributed by atoms with Crippen molar-refractivity contribution in [2.45, 2.75) is 24.2 Å². The van der Waals surface area contributed by atoms with E-state index in [2.05, 4.69) is 0 Å². The molecule has 5 nitrogen and oxygen atoms in total. The number of carbonyl (C=O) groups is 1. The quantitative estimate of drug-likeness (QED) is 0.501. The minimum atomic E-state index is -4.49. The summed E-state index contributed by atoms with van der Waals surface area (Å²) in [7, 11) is -4.19. The van der Waals surface area contributed by atoms with Gasteiger partial charge in [-0.05, 0) is 47.5 Å². The second-order valence-corrected chi connectivity index (χ2v) is 9.00. The Morgan fingerprint density at radius 1 is 0.781 bits per heavy atom. The lowest BCUT2D eigenvalue weighted by atomic mass is 10.1. The molecule has 1 aliphatic heterocycles. The van der Waals surface area contributed by atoms with Crippen molar-refractivity contribution in [2.24, 2.45) is 0 Å². The van der Waals surface area contributed by atoms with Crippen LogP contribution in [-0.2, 0) is 29.3 Å². The fourth-order valence-corrected chi connectivity index (χ4v) is 4.95. The maximum absolute atomic E-state index is 13.2. The van der Waals surface area contributed by atoms with Crippen molar-refractivity contribution in [3.8, 4) is 0 Å². The van der Waals surface area contributed by atoms with Crippen LogP contribution in [0.1, 0.15) is 16.7 Å². The Morgan fingerprint density at radius 2 is 1.34 bits per heavy atom. The third-order valence-corrected chi connectivity index (χ3v) is 6.80. The molecule has 0 unspecified atom stereocenters. The topological polar surface area (TPSA) is 57.7 Å². The van der Waals surface area contributed by atoms with E-state index in [1.165, 1.54) is 47.4 Å². The fraction of sp³-hybridized carbons (Fsp3) is 0.136. The predicted octanol–water partition coefficient (Wildman–Crippen LogP) is 5.18. The molecule has 3 aromatic carbocycles. The average molecular weight is 464 g/mol. The highest BCUT2D eigenvalue weighted by Gasteiger charge is 2.41. The van der Waals surface area contributed by atoms with E-state index in [1.807, 2.05) is 0 Å². The van der Waals surface area contributed by atoms with Crippen LogP contribution in [0.5, 0.6) is 0 Å². The van der Waals surface area contributed by atoms with Crippen LogP contribution >= 0.6 is 0 Å². The SMILES string of the molecule is O=C1N(Cc2ccc(C(F)(F)F)cc2)c2ccccc2S(=O)(=O)N1Cc1ccc(F)cc1. The molecule has 0 spiro atoms. The highest BCUT2D eigenvalue weighted by molar-refractivity contribution is 7.90. The van der Waals surface area contributed by atoms with Crippen LogP contribution in [0.2, 0.25) is 0 Å². The Kier molecular flexibility index (Phi) is 5.41. The second kappa shape index (κ2) is 7.94. The van der Waals surface area contributed by atoms with Gasteiger partial charge in [0.2, 0.25) is 0 Å². The number of rotatable bonds is 4. The van der Waals surface area contributed by atoms with Gasteiger partial charge in [-0.3, -0.25) is 4.90 Å². The minimum Gasteiger partial charge on any atom is -0.288 e. The number of amides is 2. The maximum atomic E-state index is 13.2. The first-order valence-corrected chi connectivity index (χ1v) is 10.9. The minimum absolute atomic E-state index is 0.103. The number of alkyl halides is 3. The number of urea groups is 1. The van der Waals surface area contributed by atoms with Gasteiger partial charge in [-0.15, -0.1) is 0 Å². The van der Waals surface area contributed by atoms with Gasteiger partial charge in [-0.2, -0.15) is 13.2 Å². The Bertz CT molecular complexity index is 1260. The molecule has 4 rings (SSSR count). The van der Waals surface area contributed by atoms with E-state index in [-0.39, 0.29) is 23.7 Å². The smallest absolute Gasteiger partial charge is 0.288 e. The van der Waals surface area contributed by atoms with E-state index in [4.69, 9.17) is 0 Å². The third-order valence-electron chi connectivity index (χ3n) is 5.03. The van der Waals surface area contributed by atoms with Crippen molar-refractivity contribution in [1.82, 2.24) is 4.31 Å². The van der Waals surface area contributed by atoms with Gasteiger partial charge in [0.25, 0.3) is 10.0 Å². The number of halogens is 4. The number of hydrogen-bond acceptors (Lipinski definition) is 3. The standard InChI is InChI=1S/C22H16F4N2O3S/c23-18-11-7-16(8-12-18)14-28-21(29)27(19-3-1-2-4-20(19)32(28,30)31)13-15-5-9-17(10-6-15)22(24,25)26/h1-12H,13-14H2. The van der Waals surface area contributed by atoms with Crippen molar-refractivity contribution in [2.75, 3.05) is 4.90 Å². The van der Waals surface area contributed by atoms with Gasteiger partial charge in [0.05, 0.1) is 24.3 Å². The number of hydrogen-bond donors (Lipinski definition) is 0. The third kappa shape index (κ3) is 4.05. The van der Waals surface area contributed by atoms with Gasteiger partial charge in [0.1, 0.15) is 10.7 Å². The molecule has 1 heterocycles. The summed E-state index contributed by atoms with van der Waals surface area (Å²) >= 11 is 0. The Hall–Kier alpha value is -3.40. The van der Waals surface area contributed by atoms with E-state index < -0.39 is 33.6 Å².